The number of hydrogen-bond acceptors (Lipinski definition) is 3. The first kappa shape index (κ1) is 11.7. The van der Waals surface area contributed by atoms with Crippen molar-refractivity contribution in [1.29, 1.82) is 5.26 Å². The van der Waals surface area contributed by atoms with Crippen molar-refractivity contribution in [3.8, 4) is 6.07 Å². The van der Waals surface area contributed by atoms with Gasteiger partial charge in [-0.05, 0) is 6.42 Å². The van der Waals surface area contributed by atoms with Gasteiger partial charge < -0.3 is 0 Å². The zero-order chi connectivity index (χ0) is 9.61. The lowest BCUT2D eigenvalue weighted by Gasteiger charge is -2.11. The number of halogens is 1. The number of hydrogen-bond donors (Lipinski definition) is 1. The van der Waals surface area contributed by atoms with Crippen LogP contribution in [0.5, 0.6) is 0 Å². The van der Waals surface area contributed by atoms with Crippen LogP contribution in [0.25, 0.3) is 0 Å². The summed E-state index contributed by atoms with van der Waals surface area (Å²) >= 11 is 5.16. The molecule has 0 saturated heterocycles. The van der Waals surface area contributed by atoms with E-state index in [-0.39, 0.29) is 12.5 Å². The Morgan fingerprint density at radius 2 is 2.25 bits per heavy atom. The Morgan fingerprint density at radius 1 is 1.67 bits per heavy atom. The zero-order valence-corrected chi connectivity index (χ0v) is 8.32. The van der Waals surface area contributed by atoms with Gasteiger partial charge in [0, 0.05) is 6.04 Å². The predicted molar refractivity (Wildman–Crippen MR) is 47.1 cm³/mol. The number of nitriles is 1. The number of nitrogens with zero attached hydrogens (tertiary/aromatic N) is 1. The largest absolute Gasteiger partial charge is 0.225 e. The fourth-order valence-electron chi connectivity index (χ4n) is 0.665. The second kappa shape index (κ2) is 5.36. The Balaban J connectivity index is 4.13. The summed E-state index contributed by atoms with van der Waals surface area (Å²) in [7, 11) is -3.39. The smallest absolute Gasteiger partial charge is 0.211 e. The van der Waals surface area contributed by atoms with E-state index in [1.165, 1.54) is 0 Å². The molecule has 0 bridgehead atoms. The normalized spacial score (nSPS) is 13.8. The van der Waals surface area contributed by atoms with Crippen LogP contribution in [0, 0.1) is 11.3 Å². The zero-order valence-electron chi connectivity index (χ0n) is 6.75. The molecular weight excluding hydrogens is 200 g/mol. The summed E-state index contributed by atoms with van der Waals surface area (Å²) < 4.78 is 24.1. The Bertz CT molecular complexity index is 257. The summed E-state index contributed by atoms with van der Waals surface area (Å²) in [5, 5.41) is 7.86. The van der Waals surface area contributed by atoms with Gasteiger partial charge >= 0.3 is 0 Å². The van der Waals surface area contributed by atoms with Gasteiger partial charge in [0.05, 0.1) is 12.5 Å². The summed E-state index contributed by atoms with van der Waals surface area (Å²) in [6.45, 7) is 1.80. The molecule has 0 saturated carbocycles. The van der Waals surface area contributed by atoms with Crippen molar-refractivity contribution in [3.63, 3.8) is 0 Å². The minimum atomic E-state index is -3.39. The Kier molecular flexibility index (Phi) is 5.22. The van der Waals surface area contributed by atoms with Crippen LogP contribution in [0.4, 0.5) is 0 Å². The van der Waals surface area contributed by atoms with Crippen LogP contribution < -0.4 is 4.72 Å². The molecule has 0 aliphatic heterocycles. The quantitative estimate of drug-likeness (QED) is 0.683. The maximum atomic E-state index is 10.9. The van der Waals surface area contributed by atoms with Crippen LogP contribution in [-0.4, -0.2) is 19.7 Å². The van der Waals surface area contributed by atoms with Crippen LogP contribution >= 0.6 is 11.6 Å². The van der Waals surface area contributed by atoms with Gasteiger partial charge in [-0.15, -0.1) is 11.6 Å². The summed E-state index contributed by atoms with van der Waals surface area (Å²) in [5.74, 6) is 0. The SMILES string of the molecule is CCC(CC#N)NS(=O)(=O)CCl. The predicted octanol–water partition coefficient (Wildman–Crippen LogP) is 0.794. The van der Waals surface area contributed by atoms with E-state index < -0.39 is 15.2 Å². The summed E-state index contributed by atoms with van der Waals surface area (Å²) in [6, 6.07) is 1.57. The molecule has 0 amide bonds. The lowest BCUT2D eigenvalue weighted by atomic mass is 10.2. The minimum absolute atomic E-state index is 0.173. The standard InChI is InChI=1S/C6H11ClN2O2S/c1-2-6(3-4-8)9-12(10,11)5-7/h6,9H,2-3,5H2,1H3. The molecule has 0 aromatic carbocycles. The van der Waals surface area contributed by atoms with Crippen LogP contribution in [-0.2, 0) is 10.0 Å². The summed E-state index contributed by atoms with van der Waals surface area (Å²) in [6.07, 6.45) is 0.760. The molecular formula is C6H11ClN2O2S. The highest BCUT2D eigenvalue weighted by molar-refractivity contribution is 7.90. The maximum Gasteiger partial charge on any atom is 0.225 e. The fraction of sp³-hybridized carbons (Fsp3) is 0.833. The van der Waals surface area contributed by atoms with E-state index in [1.54, 1.807) is 6.92 Å². The van der Waals surface area contributed by atoms with Crippen molar-refractivity contribution >= 4 is 21.6 Å². The number of rotatable bonds is 5. The number of nitrogens with one attached hydrogen (secondary N) is 1. The second-order valence-corrected chi connectivity index (χ2v) is 4.65. The van der Waals surface area contributed by atoms with Gasteiger partial charge in [-0.1, -0.05) is 6.92 Å². The second-order valence-electron chi connectivity index (χ2n) is 2.31. The third-order valence-corrected chi connectivity index (χ3v) is 3.16. The van der Waals surface area contributed by atoms with Crippen LogP contribution in [0.2, 0.25) is 0 Å². The summed E-state index contributed by atoms with van der Waals surface area (Å²) in [5.41, 5.74) is 0. The maximum absolute atomic E-state index is 10.9. The highest BCUT2D eigenvalue weighted by Crippen LogP contribution is 2.00. The van der Waals surface area contributed by atoms with Crippen molar-refractivity contribution < 1.29 is 8.42 Å². The van der Waals surface area contributed by atoms with Crippen LogP contribution in [0.1, 0.15) is 19.8 Å². The van der Waals surface area contributed by atoms with Crippen molar-refractivity contribution in [2.75, 3.05) is 5.21 Å². The lowest BCUT2D eigenvalue weighted by Crippen LogP contribution is -2.34. The van der Waals surface area contributed by atoms with Crippen LogP contribution in [0.15, 0.2) is 0 Å². The van der Waals surface area contributed by atoms with Crippen molar-refractivity contribution in [2.24, 2.45) is 0 Å². The molecule has 0 spiro atoms. The monoisotopic (exact) mass is 210 g/mol. The molecule has 1 N–H and O–H groups in total. The molecule has 1 atom stereocenters. The number of alkyl halides is 1. The van der Waals surface area contributed by atoms with Crippen molar-refractivity contribution in [2.45, 2.75) is 25.8 Å². The molecule has 0 aromatic rings. The third-order valence-electron chi connectivity index (χ3n) is 1.32. The molecule has 0 aliphatic rings. The first-order valence-corrected chi connectivity index (χ1v) is 5.67. The Morgan fingerprint density at radius 3 is 2.58 bits per heavy atom. The van der Waals surface area contributed by atoms with Gasteiger partial charge in [0.1, 0.15) is 5.21 Å². The Hall–Kier alpha value is -0.310. The third kappa shape index (κ3) is 4.54. The van der Waals surface area contributed by atoms with Crippen molar-refractivity contribution in [1.82, 2.24) is 4.72 Å². The molecule has 70 valence electrons. The van der Waals surface area contributed by atoms with E-state index >= 15 is 0 Å². The average Bonchev–Trinajstić information content (AvgIpc) is 2.03. The summed E-state index contributed by atoms with van der Waals surface area (Å²) in [4.78, 5) is 0. The molecule has 0 aromatic heterocycles. The van der Waals surface area contributed by atoms with E-state index in [4.69, 9.17) is 16.9 Å². The molecule has 0 radical (unpaired) electrons. The van der Waals surface area contributed by atoms with E-state index in [1.807, 2.05) is 6.07 Å². The Labute approximate surface area is 77.6 Å². The highest BCUT2D eigenvalue weighted by Gasteiger charge is 2.14. The molecule has 12 heavy (non-hydrogen) atoms. The lowest BCUT2D eigenvalue weighted by molar-refractivity contribution is 0.547. The van der Waals surface area contributed by atoms with Gasteiger partial charge in [0.2, 0.25) is 10.0 Å². The van der Waals surface area contributed by atoms with Gasteiger partial charge in [0.15, 0.2) is 0 Å². The van der Waals surface area contributed by atoms with Gasteiger partial charge in [-0.3, -0.25) is 0 Å². The van der Waals surface area contributed by atoms with Gasteiger partial charge in [-0.2, -0.15) is 5.26 Å². The number of sulfonamides is 1. The fourth-order valence-corrected chi connectivity index (χ4v) is 1.67. The topological polar surface area (TPSA) is 70.0 Å². The van der Waals surface area contributed by atoms with Crippen LogP contribution in [0.3, 0.4) is 0 Å². The van der Waals surface area contributed by atoms with E-state index in [2.05, 4.69) is 4.72 Å². The highest BCUT2D eigenvalue weighted by atomic mass is 35.5. The molecule has 0 fully saturated rings. The first-order chi connectivity index (χ1) is 5.55. The molecule has 0 heterocycles. The molecule has 1 unspecified atom stereocenters. The van der Waals surface area contributed by atoms with E-state index in [0.29, 0.717) is 6.42 Å². The van der Waals surface area contributed by atoms with Crippen molar-refractivity contribution in [3.05, 3.63) is 0 Å². The first-order valence-electron chi connectivity index (χ1n) is 3.48. The molecule has 0 rings (SSSR count). The molecule has 4 nitrogen and oxygen atoms in total. The average molecular weight is 211 g/mol. The minimum Gasteiger partial charge on any atom is -0.211 e. The van der Waals surface area contributed by atoms with Gasteiger partial charge in [0.25, 0.3) is 0 Å². The molecule has 6 heteroatoms. The molecule has 0 aliphatic carbocycles. The van der Waals surface area contributed by atoms with E-state index in [0.717, 1.165) is 0 Å². The van der Waals surface area contributed by atoms with Gasteiger partial charge in [-0.25, -0.2) is 13.1 Å². The van der Waals surface area contributed by atoms with E-state index in [9.17, 15) is 8.42 Å².